The minimum atomic E-state index is -0.608. The van der Waals surface area contributed by atoms with Crippen molar-refractivity contribution in [1.82, 2.24) is 15.1 Å². The van der Waals surface area contributed by atoms with Crippen LogP contribution in [0.15, 0.2) is 54.6 Å². The van der Waals surface area contributed by atoms with Crippen molar-refractivity contribution >= 4 is 11.9 Å². The van der Waals surface area contributed by atoms with E-state index in [0.717, 1.165) is 16.7 Å². The third-order valence-corrected chi connectivity index (χ3v) is 4.53. The van der Waals surface area contributed by atoms with Crippen LogP contribution in [0.3, 0.4) is 0 Å². The second kappa shape index (κ2) is 8.52. The van der Waals surface area contributed by atoms with Crippen molar-refractivity contribution in [1.29, 1.82) is 0 Å². The van der Waals surface area contributed by atoms with Gasteiger partial charge in [-0.25, -0.2) is 4.79 Å². The number of hydrogen-bond donors (Lipinski definition) is 1. The van der Waals surface area contributed by atoms with Gasteiger partial charge < -0.3 is 9.64 Å². The Hall–Kier alpha value is -3.41. The number of esters is 1. The van der Waals surface area contributed by atoms with Crippen LogP contribution < -0.4 is 0 Å². The van der Waals surface area contributed by atoms with E-state index in [1.54, 1.807) is 18.0 Å². The van der Waals surface area contributed by atoms with Gasteiger partial charge >= 0.3 is 5.97 Å². The Morgan fingerprint density at radius 1 is 1.07 bits per heavy atom. The average Bonchev–Trinajstić information content (AvgIpc) is 3.19. The lowest BCUT2D eigenvalue weighted by atomic mass is 10.1. The van der Waals surface area contributed by atoms with Crippen molar-refractivity contribution in [3.05, 3.63) is 77.0 Å². The van der Waals surface area contributed by atoms with Gasteiger partial charge in [-0.3, -0.25) is 9.89 Å². The van der Waals surface area contributed by atoms with Crippen LogP contribution in [0.25, 0.3) is 11.3 Å². The van der Waals surface area contributed by atoms with E-state index in [0.29, 0.717) is 12.2 Å². The largest absolute Gasteiger partial charge is 0.451 e. The van der Waals surface area contributed by atoms with Crippen molar-refractivity contribution in [3.63, 3.8) is 0 Å². The molecule has 0 aliphatic carbocycles. The fourth-order valence-electron chi connectivity index (χ4n) is 2.87. The van der Waals surface area contributed by atoms with Gasteiger partial charge in [0.05, 0.1) is 5.69 Å². The predicted octanol–water partition coefficient (Wildman–Crippen LogP) is 3.51. The third-order valence-electron chi connectivity index (χ3n) is 4.53. The Kier molecular flexibility index (Phi) is 5.89. The maximum absolute atomic E-state index is 12.3. The van der Waals surface area contributed by atoms with E-state index < -0.39 is 5.97 Å². The Bertz CT molecular complexity index is 980. The molecule has 1 heterocycles. The number of likely N-dealkylation sites (N-methyl/N-ethyl adjacent to an activating group) is 1. The van der Waals surface area contributed by atoms with Gasteiger partial charge in [0.2, 0.25) is 0 Å². The zero-order chi connectivity index (χ0) is 20.1. The number of nitrogens with one attached hydrogen (secondary N) is 1. The number of carbonyl (C=O) groups excluding carboxylic acids is 2. The van der Waals surface area contributed by atoms with E-state index in [4.69, 9.17) is 4.74 Å². The summed E-state index contributed by atoms with van der Waals surface area (Å²) in [5.41, 5.74) is 5.12. The summed E-state index contributed by atoms with van der Waals surface area (Å²) in [5.74, 6) is -0.876. The maximum atomic E-state index is 12.3. The van der Waals surface area contributed by atoms with Crippen LogP contribution in [0.2, 0.25) is 0 Å². The third kappa shape index (κ3) is 4.65. The van der Waals surface area contributed by atoms with Crippen molar-refractivity contribution in [2.45, 2.75) is 20.4 Å². The fourth-order valence-corrected chi connectivity index (χ4v) is 2.87. The number of aromatic amines is 1. The van der Waals surface area contributed by atoms with Crippen LogP contribution in [0.1, 0.15) is 27.2 Å². The number of aromatic nitrogens is 2. The van der Waals surface area contributed by atoms with Crippen molar-refractivity contribution in [2.75, 3.05) is 13.7 Å². The number of H-pyrrole nitrogens is 1. The van der Waals surface area contributed by atoms with Gasteiger partial charge in [0.1, 0.15) is 5.69 Å². The molecule has 0 radical (unpaired) electrons. The maximum Gasteiger partial charge on any atom is 0.356 e. The molecule has 144 valence electrons. The molecule has 0 atom stereocenters. The quantitative estimate of drug-likeness (QED) is 0.667. The zero-order valence-corrected chi connectivity index (χ0v) is 16.2. The molecule has 0 saturated carbocycles. The van der Waals surface area contributed by atoms with Crippen LogP contribution in [0.4, 0.5) is 0 Å². The predicted molar refractivity (Wildman–Crippen MR) is 107 cm³/mol. The summed E-state index contributed by atoms with van der Waals surface area (Å²) in [4.78, 5) is 26.1. The summed E-state index contributed by atoms with van der Waals surface area (Å²) >= 11 is 0. The average molecular weight is 377 g/mol. The SMILES string of the molecule is Cc1ccc(CN(C)C(=O)COC(=O)c2cc(-c3ccccc3)n[nH]2)c(C)c1. The first-order valence-corrected chi connectivity index (χ1v) is 9.02. The number of carbonyl (C=O) groups is 2. The van der Waals surface area contributed by atoms with E-state index in [1.165, 1.54) is 5.56 Å². The number of nitrogens with zero attached hydrogens (tertiary/aromatic N) is 2. The Morgan fingerprint density at radius 3 is 2.54 bits per heavy atom. The minimum Gasteiger partial charge on any atom is -0.451 e. The molecule has 0 fully saturated rings. The Morgan fingerprint density at radius 2 is 1.82 bits per heavy atom. The number of rotatable bonds is 6. The second-order valence-electron chi connectivity index (χ2n) is 6.79. The van der Waals surface area contributed by atoms with Crippen molar-refractivity contribution in [3.8, 4) is 11.3 Å². The topological polar surface area (TPSA) is 75.3 Å². The van der Waals surface area contributed by atoms with Gasteiger partial charge in [0, 0.05) is 19.2 Å². The molecule has 0 bridgehead atoms. The van der Waals surface area contributed by atoms with E-state index >= 15 is 0 Å². The first-order chi connectivity index (χ1) is 13.4. The molecule has 0 aliphatic heterocycles. The lowest BCUT2D eigenvalue weighted by Gasteiger charge is -2.18. The minimum absolute atomic E-state index is 0.212. The summed E-state index contributed by atoms with van der Waals surface area (Å²) in [6.45, 7) is 4.19. The van der Waals surface area contributed by atoms with Crippen LogP contribution in [-0.4, -0.2) is 40.6 Å². The number of aryl methyl sites for hydroxylation is 2. The lowest BCUT2D eigenvalue weighted by molar-refractivity contribution is -0.133. The van der Waals surface area contributed by atoms with E-state index in [2.05, 4.69) is 16.3 Å². The summed E-state index contributed by atoms with van der Waals surface area (Å²) in [6, 6.07) is 17.2. The molecule has 28 heavy (non-hydrogen) atoms. The van der Waals surface area contributed by atoms with Gasteiger partial charge in [0.25, 0.3) is 5.91 Å². The molecule has 6 heteroatoms. The van der Waals surface area contributed by atoms with Crippen LogP contribution >= 0.6 is 0 Å². The summed E-state index contributed by atoms with van der Waals surface area (Å²) in [7, 11) is 1.69. The van der Waals surface area contributed by atoms with Gasteiger partial charge in [-0.05, 0) is 31.0 Å². The van der Waals surface area contributed by atoms with Gasteiger partial charge in [0.15, 0.2) is 6.61 Å². The van der Waals surface area contributed by atoms with Gasteiger partial charge in [-0.15, -0.1) is 0 Å². The summed E-state index contributed by atoms with van der Waals surface area (Å²) in [6.07, 6.45) is 0. The van der Waals surface area contributed by atoms with E-state index in [1.807, 2.05) is 56.3 Å². The molecule has 0 spiro atoms. The number of benzene rings is 2. The first kappa shape index (κ1) is 19.4. The normalized spacial score (nSPS) is 10.5. The molecule has 6 nitrogen and oxygen atoms in total. The second-order valence-corrected chi connectivity index (χ2v) is 6.79. The Balaban J connectivity index is 1.55. The lowest BCUT2D eigenvalue weighted by Crippen LogP contribution is -2.31. The highest BCUT2D eigenvalue weighted by Gasteiger charge is 2.16. The zero-order valence-electron chi connectivity index (χ0n) is 16.2. The highest BCUT2D eigenvalue weighted by Crippen LogP contribution is 2.17. The van der Waals surface area contributed by atoms with E-state index in [9.17, 15) is 9.59 Å². The summed E-state index contributed by atoms with van der Waals surface area (Å²) in [5, 5.41) is 6.78. The Labute approximate surface area is 164 Å². The molecule has 2 aromatic carbocycles. The van der Waals surface area contributed by atoms with Crippen LogP contribution in [0.5, 0.6) is 0 Å². The van der Waals surface area contributed by atoms with Gasteiger partial charge in [-0.2, -0.15) is 5.10 Å². The number of hydrogen-bond acceptors (Lipinski definition) is 4. The fraction of sp³-hybridized carbons (Fsp3) is 0.227. The highest BCUT2D eigenvalue weighted by atomic mass is 16.5. The molecule has 0 unspecified atom stereocenters. The first-order valence-electron chi connectivity index (χ1n) is 9.02. The van der Waals surface area contributed by atoms with Crippen LogP contribution in [-0.2, 0) is 16.1 Å². The molecule has 1 aromatic heterocycles. The smallest absolute Gasteiger partial charge is 0.356 e. The number of ether oxygens (including phenoxy) is 1. The standard InChI is InChI=1S/C22H23N3O3/c1-15-9-10-18(16(2)11-15)13-25(3)21(26)14-28-22(27)20-12-19(23-24-20)17-7-5-4-6-8-17/h4-12H,13-14H2,1-3H3,(H,23,24). The highest BCUT2D eigenvalue weighted by molar-refractivity contribution is 5.90. The molecule has 3 rings (SSSR count). The molecule has 1 amide bonds. The molecule has 1 N–H and O–H groups in total. The molecular weight excluding hydrogens is 354 g/mol. The van der Waals surface area contributed by atoms with E-state index in [-0.39, 0.29) is 18.2 Å². The number of amides is 1. The van der Waals surface area contributed by atoms with Crippen molar-refractivity contribution < 1.29 is 14.3 Å². The van der Waals surface area contributed by atoms with Crippen molar-refractivity contribution in [2.24, 2.45) is 0 Å². The monoisotopic (exact) mass is 377 g/mol. The molecular formula is C22H23N3O3. The summed E-state index contributed by atoms with van der Waals surface area (Å²) < 4.78 is 5.15. The van der Waals surface area contributed by atoms with Gasteiger partial charge in [-0.1, -0.05) is 54.1 Å². The van der Waals surface area contributed by atoms with Crippen LogP contribution in [0, 0.1) is 13.8 Å². The molecule has 3 aromatic rings. The molecule has 0 aliphatic rings. The molecule has 0 saturated heterocycles.